The zero-order valence-electron chi connectivity index (χ0n) is 15.2. The number of nitrogens with zero attached hydrogens (tertiary/aromatic N) is 5. The van der Waals surface area contributed by atoms with Crippen LogP contribution in [0.3, 0.4) is 0 Å². The monoisotopic (exact) mass is 415 g/mol. The van der Waals surface area contributed by atoms with Gasteiger partial charge in [0, 0.05) is 23.0 Å². The summed E-state index contributed by atoms with van der Waals surface area (Å²) in [5.74, 6) is 1.79. The van der Waals surface area contributed by atoms with E-state index in [0.29, 0.717) is 6.61 Å². The van der Waals surface area contributed by atoms with Crippen LogP contribution < -0.4 is 4.90 Å². The van der Waals surface area contributed by atoms with Crippen molar-refractivity contribution in [3.8, 4) is 0 Å². The molecular formula is C19H22BrN5O. The van der Waals surface area contributed by atoms with Gasteiger partial charge >= 0.3 is 0 Å². The molecule has 1 fully saturated rings. The van der Waals surface area contributed by atoms with E-state index in [1.165, 1.54) is 5.56 Å². The highest BCUT2D eigenvalue weighted by molar-refractivity contribution is 9.10. The molecule has 26 heavy (non-hydrogen) atoms. The minimum atomic E-state index is -0.115. The number of rotatable bonds is 2. The molecule has 1 saturated heterocycles. The molecule has 1 atom stereocenters. The third-order valence-corrected chi connectivity index (χ3v) is 5.08. The standard InChI is InChI=1S/C19H22BrN5O/c1-19(2,3)18-22-21-16-8-9-17(23-25(16)18)24-10-11-26-15(12-24)13-4-6-14(20)7-5-13/h4-9,15H,10-12H2,1-3H3. The molecule has 0 bridgehead atoms. The Hall–Kier alpha value is -1.99. The Balaban J connectivity index is 1.63. The third-order valence-electron chi connectivity index (χ3n) is 4.55. The Morgan fingerprint density at radius 3 is 2.58 bits per heavy atom. The number of halogens is 1. The van der Waals surface area contributed by atoms with Crippen LogP contribution in [0.15, 0.2) is 40.9 Å². The first-order valence-electron chi connectivity index (χ1n) is 8.77. The van der Waals surface area contributed by atoms with Gasteiger partial charge in [0.25, 0.3) is 0 Å². The van der Waals surface area contributed by atoms with Gasteiger partial charge < -0.3 is 9.64 Å². The molecule has 0 N–H and O–H groups in total. The van der Waals surface area contributed by atoms with Crippen molar-refractivity contribution in [2.75, 3.05) is 24.6 Å². The van der Waals surface area contributed by atoms with Crippen LogP contribution in [-0.2, 0) is 10.2 Å². The average molecular weight is 416 g/mol. The molecule has 0 spiro atoms. The van der Waals surface area contributed by atoms with Crippen LogP contribution >= 0.6 is 15.9 Å². The molecule has 7 heteroatoms. The van der Waals surface area contributed by atoms with Gasteiger partial charge in [0.05, 0.1) is 6.61 Å². The number of ether oxygens (including phenoxy) is 1. The zero-order chi connectivity index (χ0) is 18.3. The van der Waals surface area contributed by atoms with Crippen LogP contribution in [-0.4, -0.2) is 39.5 Å². The van der Waals surface area contributed by atoms with Gasteiger partial charge in [0.15, 0.2) is 11.5 Å². The maximum absolute atomic E-state index is 5.99. The lowest BCUT2D eigenvalue weighted by Crippen LogP contribution is -2.39. The quantitative estimate of drug-likeness (QED) is 0.637. The molecule has 1 unspecified atom stereocenters. The highest BCUT2D eigenvalue weighted by Crippen LogP contribution is 2.27. The Labute approximate surface area is 161 Å². The Morgan fingerprint density at radius 1 is 1.08 bits per heavy atom. The van der Waals surface area contributed by atoms with Crippen molar-refractivity contribution >= 4 is 27.4 Å². The highest BCUT2D eigenvalue weighted by atomic mass is 79.9. The van der Waals surface area contributed by atoms with E-state index < -0.39 is 0 Å². The average Bonchev–Trinajstić information content (AvgIpc) is 3.06. The molecule has 4 rings (SSSR count). The van der Waals surface area contributed by atoms with Crippen molar-refractivity contribution in [3.63, 3.8) is 0 Å². The number of fused-ring (bicyclic) bond motifs is 1. The van der Waals surface area contributed by atoms with Gasteiger partial charge in [-0.2, -0.15) is 4.52 Å². The van der Waals surface area contributed by atoms with Crippen molar-refractivity contribution in [2.24, 2.45) is 0 Å². The van der Waals surface area contributed by atoms with Gasteiger partial charge in [-0.3, -0.25) is 0 Å². The number of aromatic nitrogens is 4. The topological polar surface area (TPSA) is 55.5 Å². The van der Waals surface area contributed by atoms with E-state index in [1.54, 1.807) is 0 Å². The lowest BCUT2D eigenvalue weighted by atomic mass is 9.96. The van der Waals surface area contributed by atoms with Crippen molar-refractivity contribution < 1.29 is 4.74 Å². The summed E-state index contributed by atoms with van der Waals surface area (Å²) in [6.45, 7) is 8.63. The predicted octanol–water partition coefficient (Wildman–Crippen LogP) is 3.76. The smallest absolute Gasteiger partial charge is 0.178 e. The summed E-state index contributed by atoms with van der Waals surface area (Å²) < 4.78 is 8.92. The van der Waals surface area contributed by atoms with E-state index in [9.17, 15) is 0 Å². The van der Waals surface area contributed by atoms with Crippen molar-refractivity contribution in [1.29, 1.82) is 0 Å². The van der Waals surface area contributed by atoms with Crippen LogP contribution in [0.25, 0.3) is 5.65 Å². The molecule has 1 aliphatic rings. The second-order valence-electron chi connectivity index (χ2n) is 7.59. The third kappa shape index (κ3) is 3.33. The number of benzene rings is 1. The summed E-state index contributed by atoms with van der Waals surface area (Å²) in [4.78, 5) is 2.27. The number of anilines is 1. The first-order valence-corrected chi connectivity index (χ1v) is 9.56. The molecule has 6 nitrogen and oxygen atoms in total. The van der Waals surface area contributed by atoms with Gasteiger partial charge in [0.1, 0.15) is 11.9 Å². The first-order chi connectivity index (χ1) is 12.4. The Morgan fingerprint density at radius 2 is 1.85 bits per heavy atom. The summed E-state index contributed by atoms with van der Waals surface area (Å²) in [5.41, 5.74) is 1.84. The minimum Gasteiger partial charge on any atom is -0.370 e. The van der Waals surface area contributed by atoms with E-state index in [-0.39, 0.29) is 11.5 Å². The highest BCUT2D eigenvalue weighted by Gasteiger charge is 2.25. The molecule has 0 amide bonds. The van der Waals surface area contributed by atoms with Crippen LogP contribution in [0.4, 0.5) is 5.82 Å². The SMILES string of the molecule is CC(C)(C)c1nnc2ccc(N3CCOC(c4ccc(Br)cc4)C3)nn12. The molecule has 3 heterocycles. The fourth-order valence-corrected chi connectivity index (χ4v) is 3.42. The van der Waals surface area contributed by atoms with E-state index in [1.807, 2.05) is 16.6 Å². The molecule has 136 valence electrons. The summed E-state index contributed by atoms with van der Waals surface area (Å²) in [7, 11) is 0. The second-order valence-corrected chi connectivity index (χ2v) is 8.51. The van der Waals surface area contributed by atoms with E-state index in [4.69, 9.17) is 9.84 Å². The number of morpholine rings is 1. The largest absolute Gasteiger partial charge is 0.370 e. The number of hydrogen-bond donors (Lipinski definition) is 0. The summed E-state index contributed by atoms with van der Waals surface area (Å²) in [5, 5.41) is 13.4. The fraction of sp³-hybridized carbons (Fsp3) is 0.421. The van der Waals surface area contributed by atoms with Crippen LogP contribution in [0.5, 0.6) is 0 Å². The second kappa shape index (κ2) is 6.63. The normalized spacial score (nSPS) is 18.5. The van der Waals surface area contributed by atoms with Crippen molar-refractivity contribution in [1.82, 2.24) is 19.8 Å². The Bertz CT molecular complexity index is 916. The van der Waals surface area contributed by atoms with Gasteiger partial charge in [0.2, 0.25) is 0 Å². The van der Waals surface area contributed by atoms with E-state index in [0.717, 1.165) is 34.9 Å². The van der Waals surface area contributed by atoms with Gasteiger partial charge in [-0.25, -0.2) is 0 Å². The summed E-state index contributed by atoms with van der Waals surface area (Å²) in [6.07, 6.45) is 0.0392. The molecule has 1 aromatic carbocycles. The molecule has 1 aliphatic heterocycles. The summed E-state index contributed by atoms with van der Waals surface area (Å²) >= 11 is 3.48. The van der Waals surface area contributed by atoms with Crippen LogP contribution in [0.2, 0.25) is 0 Å². The lowest BCUT2D eigenvalue weighted by molar-refractivity contribution is 0.0394. The predicted molar refractivity (Wildman–Crippen MR) is 105 cm³/mol. The fourth-order valence-electron chi connectivity index (χ4n) is 3.15. The van der Waals surface area contributed by atoms with Crippen molar-refractivity contribution in [2.45, 2.75) is 32.3 Å². The first kappa shape index (κ1) is 17.4. The summed E-state index contributed by atoms with van der Waals surface area (Å²) in [6, 6.07) is 12.3. The maximum atomic E-state index is 5.99. The van der Waals surface area contributed by atoms with Gasteiger partial charge in [-0.1, -0.05) is 48.8 Å². The Kier molecular flexibility index (Phi) is 4.44. The maximum Gasteiger partial charge on any atom is 0.178 e. The van der Waals surface area contributed by atoms with Gasteiger partial charge in [-0.05, 0) is 29.8 Å². The van der Waals surface area contributed by atoms with Crippen molar-refractivity contribution in [3.05, 3.63) is 52.3 Å². The lowest BCUT2D eigenvalue weighted by Gasteiger charge is -2.34. The van der Waals surface area contributed by atoms with Crippen LogP contribution in [0, 0.1) is 0 Å². The van der Waals surface area contributed by atoms with Crippen LogP contribution in [0.1, 0.15) is 38.3 Å². The molecule has 0 saturated carbocycles. The molecule has 3 aromatic rings. The molecular weight excluding hydrogens is 394 g/mol. The zero-order valence-corrected chi connectivity index (χ0v) is 16.8. The van der Waals surface area contributed by atoms with Gasteiger partial charge in [-0.15, -0.1) is 15.3 Å². The number of hydrogen-bond acceptors (Lipinski definition) is 5. The van der Waals surface area contributed by atoms with E-state index in [2.05, 4.69) is 76.1 Å². The minimum absolute atomic E-state index is 0.0392. The molecule has 0 aliphatic carbocycles. The van der Waals surface area contributed by atoms with E-state index >= 15 is 0 Å². The molecule has 0 radical (unpaired) electrons. The molecule has 2 aromatic heterocycles.